The van der Waals surface area contributed by atoms with Gasteiger partial charge >= 0.3 is 5.97 Å². The molecule has 128 valence electrons. The number of furan rings is 1. The molecule has 6 heteroatoms. The Hall–Kier alpha value is -2.89. The van der Waals surface area contributed by atoms with Crippen LogP contribution >= 0.6 is 0 Å². The molecule has 0 N–H and O–H groups in total. The van der Waals surface area contributed by atoms with Crippen molar-refractivity contribution in [2.24, 2.45) is 0 Å². The fourth-order valence-corrected chi connectivity index (χ4v) is 3.39. The Morgan fingerprint density at radius 2 is 2.08 bits per heavy atom. The van der Waals surface area contributed by atoms with Crippen molar-refractivity contribution in [1.29, 1.82) is 0 Å². The van der Waals surface area contributed by atoms with E-state index in [-0.39, 0.29) is 0 Å². The van der Waals surface area contributed by atoms with E-state index >= 15 is 0 Å². The summed E-state index contributed by atoms with van der Waals surface area (Å²) in [5.41, 5.74) is 3.48. The number of hydrogen-bond donors (Lipinski definition) is 0. The van der Waals surface area contributed by atoms with Crippen molar-refractivity contribution < 1.29 is 13.9 Å². The molecular weight excluding hydrogens is 318 g/mol. The van der Waals surface area contributed by atoms with Gasteiger partial charge in [-0.25, -0.2) is 14.8 Å². The highest BCUT2D eigenvalue weighted by molar-refractivity contribution is 6.07. The van der Waals surface area contributed by atoms with Gasteiger partial charge in [-0.3, -0.25) is 0 Å². The van der Waals surface area contributed by atoms with Crippen LogP contribution in [0.3, 0.4) is 0 Å². The molecule has 1 aromatic carbocycles. The molecule has 3 heterocycles. The van der Waals surface area contributed by atoms with Crippen LogP contribution in [0.5, 0.6) is 0 Å². The molecule has 4 rings (SSSR count). The highest BCUT2D eigenvalue weighted by Crippen LogP contribution is 2.33. The number of aryl methyl sites for hydroxylation is 1. The van der Waals surface area contributed by atoms with Gasteiger partial charge in [0.2, 0.25) is 5.71 Å². The zero-order valence-electron chi connectivity index (χ0n) is 14.3. The van der Waals surface area contributed by atoms with Gasteiger partial charge in [0.05, 0.1) is 12.0 Å². The van der Waals surface area contributed by atoms with Gasteiger partial charge in [0.1, 0.15) is 23.5 Å². The van der Waals surface area contributed by atoms with E-state index < -0.39 is 5.97 Å². The summed E-state index contributed by atoms with van der Waals surface area (Å²) < 4.78 is 10.9. The molecule has 1 aliphatic heterocycles. The molecular formula is C19H19N3O3. The minimum Gasteiger partial charge on any atom is -0.462 e. The minimum atomic E-state index is -0.396. The lowest BCUT2D eigenvalue weighted by Crippen LogP contribution is -2.31. The summed E-state index contributed by atoms with van der Waals surface area (Å²) in [6.45, 7) is 5.42. The summed E-state index contributed by atoms with van der Waals surface area (Å²) in [5, 5.41) is 0.637. The number of aromatic nitrogens is 2. The number of hydrogen-bond acceptors (Lipinski definition) is 6. The van der Waals surface area contributed by atoms with Crippen molar-refractivity contribution in [2.45, 2.75) is 26.8 Å². The first kappa shape index (κ1) is 15.6. The average molecular weight is 337 g/mol. The molecule has 0 aliphatic carbocycles. The first-order chi connectivity index (χ1) is 12.2. The first-order valence-electron chi connectivity index (χ1n) is 8.42. The average Bonchev–Trinajstić information content (AvgIpc) is 2.97. The van der Waals surface area contributed by atoms with Crippen LogP contribution in [0.1, 0.15) is 34.2 Å². The Bertz CT molecular complexity index is 948. The van der Waals surface area contributed by atoms with Crippen molar-refractivity contribution in [3.8, 4) is 0 Å². The number of fused-ring (bicyclic) bond motifs is 2. The molecule has 0 spiro atoms. The molecule has 1 aliphatic rings. The maximum absolute atomic E-state index is 12.4. The van der Waals surface area contributed by atoms with Crippen molar-refractivity contribution >= 4 is 22.9 Å². The Labute approximate surface area is 145 Å². The molecule has 0 saturated carbocycles. The lowest BCUT2D eigenvalue weighted by Gasteiger charge is -2.30. The van der Waals surface area contributed by atoms with Crippen LogP contribution in [-0.2, 0) is 17.7 Å². The van der Waals surface area contributed by atoms with Gasteiger partial charge < -0.3 is 14.1 Å². The van der Waals surface area contributed by atoms with Gasteiger partial charge in [-0.05, 0) is 31.4 Å². The molecule has 2 aromatic heterocycles. The molecule has 0 unspecified atom stereocenters. The number of anilines is 1. The number of nitrogens with zero attached hydrogens (tertiary/aromatic N) is 3. The molecule has 0 radical (unpaired) electrons. The Morgan fingerprint density at radius 3 is 2.88 bits per heavy atom. The highest BCUT2D eigenvalue weighted by Gasteiger charge is 2.27. The van der Waals surface area contributed by atoms with E-state index in [4.69, 9.17) is 9.15 Å². The second kappa shape index (κ2) is 6.20. The van der Waals surface area contributed by atoms with Crippen LogP contribution in [0, 0.1) is 6.92 Å². The van der Waals surface area contributed by atoms with Crippen LogP contribution < -0.4 is 4.90 Å². The van der Waals surface area contributed by atoms with Crippen molar-refractivity contribution in [2.75, 3.05) is 18.1 Å². The number of ether oxygens (including phenoxy) is 1. The maximum atomic E-state index is 12.4. The predicted octanol–water partition coefficient (Wildman–Crippen LogP) is 3.27. The quantitative estimate of drug-likeness (QED) is 0.683. The number of benzene rings is 1. The van der Waals surface area contributed by atoms with E-state index in [0.29, 0.717) is 29.0 Å². The van der Waals surface area contributed by atoms with Crippen LogP contribution in [-0.4, -0.2) is 29.1 Å². The molecule has 0 bridgehead atoms. The second-order valence-electron chi connectivity index (χ2n) is 6.07. The number of esters is 1. The van der Waals surface area contributed by atoms with E-state index in [0.717, 1.165) is 25.3 Å². The summed E-state index contributed by atoms with van der Waals surface area (Å²) in [5.74, 6) is 0.833. The SMILES string of the molecule is CCOC(=O)c1c(C)oc2ncnc(N3CCc4ccccc4C3)c12. The van der Waals surface area contributed by atoms with Gasteiger partial charge in [-0.15, -0.1) is 0 Å². The zero-order valence-corrected chi connectivity index (χ0v) is 14.3. The lowest BCUT2D eigenvalue weighted by molar-refractivity contribution is 0.0526. The topological polar surface area (TPSA) is 68.5 Å². The third-order valence-electron chi connectivity index (χ3n) is 4.55. The summed E-state index contributed by atoms with van der Waals surface area (Å²) in [7, 11) is 0. The summed E-state index contributed by atoms with van der Waals surface area (Å²) >= 11 is 0. The fourth-order valence-electron chi connectivity index (χ4n) is 3.39. The predicted molar refractivity (Wildman–Crippen MR) is 93.7 cm³/mol. The first-order valence-corrected chi connectivity index (χ1v) is 8.42. The zero-order chi connectivity index (χ0) is 17.4. The van der Waals surface area contributed by atoms with E-state index in [1.165, 1.54) is 17.5 Å². The minimum absolute atomic E-state index is 0.311. The van der Waals surface area contributed by atoms with Gasteiger partial charge in [0.15, 0.2) is 0 Å². The molecule has 6 nitrogen and oxygen atoms in total. The summed E-state index contributed by atoms with van der Waals surface area (Å²) in [6, 6.07) is 8.40. The molecule has 0 amide bonds. The van der Waals surface area contributed by atoms with Crippen LogP contribution in [0.15, 0.2) is 35.0 Å². The molecule has 3 aromatic rings. The van der Waals surface area contributed by atoms with Gasteiger partial charge in [-0.2, -0.15) is 0 Å². The van der Waals surface area contributed by atoms with Crippen molar-refractivity contribution in [1.82, 2.24) is 9.97 Å². The van der Waals surface area contributed by atoms with E-state index in [9.17, 15) is 4.79 Å². The molecule has 25 heavy (non-hydrogen) atoms. The van der Waals surface area contributed by atoms with Crippen molar-refractivity contribution in [3.63, 3.8) is 0 Å². The van der Waals surface area contributed by atoms with Crippen LogP contribution in [0.25, 0.3) is 11.1 Å². The normalized spacial score (nSPS) is 13.8. The van der Waals surface area contributed by atoms with E-state index in [1.54, 1.807) is 13.8 Å². The molecule has 0 saturated heterocycles. The van der Waals surface area contributed by atoms with E-state index in [1.807, 2.05) is 6.07 Å². The van der Waals surface area contributed by atoms with E-state index in [2.05, 4.69) is 33.1 Å². The number of carbonyl (C=O) groups is 1. The Morgan fingerprint density at radius 1 is 1.28 bits per heavy atom. The van der Waals surface area contributed by atoms with Crippen molar-refractivity contribution in [3.05, 3.63) is 53.0 Å². The second-order valence-corrected chi connectivity index (χ2v) is 6.07. The largest absolute Gasteiger partial charge is 0.462 e. The number of rotatable bonds is 3. The summed E-state index contributed by atoms with van der Waals surface area (Å²) in [6.07, 6.45) is 2.42. The lowest BCUT2D eigenvalue weighted by atomic mass is 9.99. The summed E-state index contributed by atoms with van der Waals surface area (Å²) in [4.78, 5) is 23.2. The monoisotopic (exact) mass is 337 g/mol. The van der Waals surface area contributed by atoms with Crippen LogP contribution in [0.2, 0.25) is 0 Å². The smallest absolute Gasteiger partial charge is 0.342 e. The van der Waals surface area contributed by atoms with Gasteiger partial charge in [0, 0.05) is 13.1 Å². The third kappa shape index (κ3) is 2.63. The third-order valence-corrected chi connectivity index (χ3v) is 4.55. The van der Waals surface area contributed by atoms with Gasteiger partial charge in [0.25, 0.3) is 0 Å². The fraction of sp³-hybridized carbons (Fsp3) is 0.316. The molecule has 0 atom stereocenters. The van der Waals surface area contributed by atoms with Crippen LogP contribution in [0.4, 0.5) is 5.82 Å². The standard InChI is InChI=1S/C19H19N3O3/c1-3-24-19(23)15-12(2)25-18-16(15)17(20-11-21-18)22-9-8-13-6-4-5-7-14(13)10-22/h4-7,11H,3,8-10H2,1-2H3. The Kier molecular flexibility index (Phi) is 3.87. The Balaban J connectivity index is 1.82. The van der Waals surface area contributed by atoms with Gasteiger partial charge in [-0.1, -0.05) is 24.3 Å². The molecule has 0 fully saturated rings. The highest BCUT2D eigenvalue weighted by atomic mass is 16.5. The maximum Gasteiger partial charge on any atom is 0.342 e. The number of carbonyl (C=O) groups excluding carboxylic acids is 1.